The Balaban J connectivity index is 1.72. The molecule has 1 aliphatic rings. The quantitative estimate of drug-likeness (QED) is 0.282. The van der Waals surface area contributed by atoms with Crippen LogP contribution in [-0.4, -0.2) is 51.8 Å². The zero-order valence-corrected chi connectivity index (χ0v) is 20.3. The van der Waals surface area contributed by atoms with Crippen LogP contribution >= 0.6 is 0 Å². The normalized spacial score (nSPS) is 15.8. The third kappa shape index (κ3) is 5.14. The zero-order valence-electron chi connectivity index (χ0n) is 20.3. The minimum Gasteiger partial charge on any atom is -0.484 e. The summed E-state index contributed by atoms with van der Waals surface area (Å²) in [5, 5.41) is 0.205. The van der Waals surface area contributed by atoms with Crippen molar-refractivity contribution in [3.8, 4) is 5.75 Å². The minimum absolute atomic E-state index is 0.00445. The first kappa shape index (κ1) is 24.4. The van der Waals surface area contributed by atoms with Crippen LogP contribution in [0.5, 0.6) is 5.75 Å². The van der Waals surface area contributed by atoms with Gasteiger partial charge < -0.3 is 18.8 Å². The molecule has 0 aliphatic carbocycles. The highest BCUT2D eigenvalue weighted by molar-refractivity contribution is 5.93. The van der Waals surface area contributed by atoms with Gasteiger partial charge in [-0.1, -0.05) is 24.3 Å². The lowest BCUT2D eigenvalue weighted by Gasteiger charge is -2.18. The SMILES string of the molecule is CCOC(=O)c1cc2c(=O)n3ccccc3nc2n(C[C@@H]2CCCO2)c1=NC(=O)COc1ccccc1. The zero-order chi connectivity index (χ0) is 25.8. The van der Waals surface area contributed by atoms with Gasteiger partial charge in [0.1, 0.15) is 22.6 Å². The Morgan fingerprint density at radius 2 is 1.97 bits per heavy atom. The molecule has 10 heteroatoms. The maximum Gasteiger partial charge on any atom is 0.341 e. The smallest absolute Gasteiger partial charge is 0.341 e. The fraction of sp³-hybridized carbons (Fsp3) is 0.296. The molecular formula is C27H26N4O6. The molecule has 0 spiro atoms. The molecule has 1 fully saturated rings. The first-order valence-electron chi connectivity index (χ1n) is 12.1. The lowest BCUT2D eigenvalue weighted by Crippen LogP contribution is -2.35. The Labute approximate surface area is 211 Å². The molecule has 190 valence electrons. The predicted octanol–water partition coefficient (Wildman–Crippen LogP) is 2.51. The number of para-hydroxylation sites is 1. The molecule has 37 heavy (non-hydrogen) atoms. The number of carbonyl (C=O) groups excluding carboxylic acids is 2. The molecular weight excluding hydrogens is 476 g/mol. The van der Waals surface area contributed by atoms with E-state index in [0.717, 1.165) is 12.8 Å². The molecule has 1 amide bonds. The Morgan fingerprint density at radius 3 is 2.73 bits per heavy atom. The number of pyridine rings is 2. The Hall–Kier alpha value is -4.31. The number of esters is 1. The summed E-state index contributed by atoms with van der Waals surface area (Å²) in [5.41, 5.74) is 0.424. The summed E-state index contributed by atoms with van der Waals surface area (Å²) >= 11 is 0. The predicted molar refractivity (Wildman–Crippen MR) is 134 cm³/mol. The molecule has 1 atom stereocenters. The van der Waals surface area contributed by atoms with Gasteiger partial charge in [0.15, 0.2) is 12.1 Å². The Morgan fingerprint density at radius 1 is 1.16 bits per heavy atom. The van der Waals surface area contributed by atoms with E-state index in [1.165, 1.54) is 10.5 Å². The molecule has 4 heterocycles. The Bertz CT molecular complexity index is 1590. The summed E-state index contributed by atoms with van der Waals surface area (Å²) in [6, 6.07) is 15.5. The molecule has 0 saturated carbocycles. The molecule has 1 aromatic carbocycles. The van der Waals surface area contributed by atoms with Gasteiger partial charge in [-0.3, -0.25) is 14.0 Å². The van der Waals surface area contributed by atoms with Crippen molar-refractivity contribution < 1.29 is 23.8 Å². The van der Waals surface area contributed by atoms with Crippen molar-refractivity contribution in [2.75, 3.05) is 19.8 Å². The van der Waals surface area contributed by atoms with Crippen molar-refractivity contribution in [3.05, 3.63) is 82.2 Å². The van der Waals surface area contributed by atoms with Gasteiger partial charge >= 0.3 is 5.97 Å². The standard InChI is InChI=1S/C27H26N4O6/c1-2-35-27(34)21-15-20-24(28-22-12-6-7-13-30(22)26(20)33)31(16-19-11-8-14-36-19)25(21)29-23(32)17-37-18-9-4-3-5-10-18/h3-7,9-10,12-13,15,19H,2,8,11,14,16-17H2,1H3/t19-/m0/s1. The van der Waals surface area contributed by atoms with Crippen molar-refractivity contribution in [2.45, 2.75) is 32.4 Å². The highest BCUT2D eigenvalue weighted by Crippen LogP contribution is 2.17. The number of fused-ring (bicyclic) bond motifs is 2. The van der Waals surface area contributed by atoms with E-state index >= 15 is 0 Å². The van der Waals surface area contributed by atoms with Crippen LogP contribution < -0.4 is 15.8 Å². The molecule has 0 unspecified atom stereocenters. The van der Waals surface area contributed by atoms with E-state index in [-0.39, 0.29) is 47.9 Å². The maximum atomic E-state index is 13.4. The van der Waals surface area contributed by atoms with Crippen LogP contribution in [0.3, 0.4) is 0 Å². The highest BCUT2D eigenvalue weighted by atomic mass is 16.5. The number of carbonyl (C=O) groups is 2. The topological polar surface area (TPSA) is 113 Å². The molecule has 1 saturated heterocycles. The number of ether oxygens (including phenoxy) is 3. The monoisotopic (exact) mass is 502 g/mol. The third-order valence-electron chi connectivity index (χ3n) is 6.03. The molecule has 5 rings (SSSR count). The molecule has 0 N–H and O–H groups in total. The number of aromatic nitrogens is 3. The average molecular weight is 503 g/mol. The van der Waals surface area contributed by atoms with Crippen LogP contribution in [0.25, 0.3) is 16.7 Å². The summed E-state index contributed by atoms with van der Waals surface area (Å²) in [5.74, 6) is -0.783. The first-order chi connectivity index (χ1) is 18.0. The number of hydrogen-bond acceptors (Lipinski definition) is 7. The van der Waals surface area contributed by atoms with Crippen LogP contribution in [0.4, 0.5) is 0 Å². The Kier molecular flexibility index (Phi) is 7.09. The van der Waals surface area contributed by atoms with Crippen molar-refractivity contribution >= 4 is 28.6 Å². The number of amides is 1. The largest absolute Gasteiger partial charge is 0.484 e. The number of benzene rings is 1. The number of rotatable bonds is 7. The van der Waals surface area contributed by atoms with Crippen LogP contribution in [-0.2, 0) is 20.8 Å². The van der Waals surface area contributed by atoms with E-state index < -0.39 is 11.9 Å². The van der Waals surface area contributed by atoms with Crippen LogP contribution in [0, 0.1) is 0 Å². The molecule has 10 nitrogen and oxygen atoms in total. The second-order valence-electron chi connectivity index (χ2n) is 8.54. The highest BCUT2D eigenvalue weighted by Gasteiger charge is 2.23. The van der Waals surface area contributed by atoms with Gasteiger partial charge in [0, 0.05) is 12.8 Å². The molecule has 0 bridgehead atoms. The molecule has 3 aromatic heterocycles. The number of hydrogen-bond donors (Lipinski definition) is 0. The van der Waals surface area contributed by atoms with Crippen molar-refractivity contribution in [2.24, 2.45) is 4.99 Å². The molecule has 0 radical (unpaired) electrons. The van der Waals surface area contributed by atoms with E-state index in [2.05, 4.69) is 4.99 Å². The van der Waals surface area contributed by atoms with Crippen molar-refractivity contribution in [1.82, 2.24) is 14.0 Å². The summed E-state index contributed by atoms with van der Waals surface area (Å²) in [7, 11) is 0. The van der Waals surface area contributed by atoms with Crippen molar-refractivity contribution in [1.29, 1.82) is 0 Å². The van der Waals surface area contributed by atoms with E-state index in [1.54, 1.807) is 60.2 Å². The van der Waals surface area contributed by atoms with Gasteiger partial charge in [-0.05, 0) is 50.1 Å². The van der Waals surface area contributed by atoms with Crippen LogP contribution in [0.15, 0.2) is 70.6 Å². The van der Waals surface area contributed by atoms with E-state index in [9.17, 15) is 14.4 Å². The van der Waals surface area contributed by atoms with Gasteiger partial charge in [-0.15, -0.1) is 0 Å². The third-order valence-corrected chi connectivity index (χ3v) is 6.03. The van der Waals surface area contributed by atoms with E-state index in [4.69, 9.17) is 19.2 Å². The van der Waals surface area contributed by atoms with Gasteiger partial charge in [-0.25, -0.2) is 9.78 Å². The van der Waals surface area contributed by atoms with Crippen LogP contribution in [0.2, 0.25) is 0 Å². The van der Waals surface area contributed by atoms with Gasteiger partial charge in [0.05, 0.1) is 24.6 Å². The van der Waals surface area contributed by atoms with E-state index in [0.29, 0.717) is 23.7 Å². The molecule has 1 aliphatic heterocycles. The lowest BCUT2D eigenvalue weighted by atomic mass is 10.2. The second kappa shape index (κ2) is 10.8. The minimum atomic E-state index is -0.696. The second-order valence-corrected chi connectivity index (χ2v) is 8.54. The summed E-state index contributed by atoms with van der Waals surface area (Å²) in [6.07, 6.45) is 3.10. The summed E-state index contributed by atoms with van der Waals surface area (Å²) < 4.78 is 19.7. The lowest BCUT2D eigenvalue weighted by molar-refractivity contribution is -0.120. The van der Waals surface area contributed by atoms with Gasteiger partial charge in [0.2, 0.25) is 0 Å². The fourth-order valence-corrected chi connectivity index (χ4v) is 4.33. The maximum absolute atomic E-state index is 13.4. The summed E-state index contributed by atoms with van der Waals surface area (Å²) in [6.45, 7) is 2.32. The number of nitrogens with zero attached hydrogens (tertiary/aromatic N) is 4. The molecule has 4 aromatic rings. The van der Waals surface area contributed by atoms with Crippen molar-refractivity contribution in [3.63, 3.8) is 0 Å². The van der Waals surface area contributed by atoms with E-state index in [1.807, 2.05) is 6.07 Å². The average Bonchev–Trinajstić information content (AvgIpc) is 3.43. The van der Waals surface area contributed by atoms with Gasteiger partial charge in [0.25, 0.3) is 11.5 Å². The summed E-state index contributed by atoms with van der Waals surface area (Å²) in [4.78, 5) is 48.4. The fourth-order valence-electron chi connectivity index (χ4n) is 4.33. The first-order valence-corrected chi connectivity index (χ1v) is 12.1. The van der Waals surface area contributed by atoms with Gasteiger partial charge in [-0.2, -0.15) is 4.99 Å². The van der Waals surface area contributed by atoms with Crippen LogP contribution in [0.1, 0.15) is 30.1 Å².